The smallest absolute Gasteiger partial charge is 0.332 e. The van der Waals surface area contributed by atoms with Crippen molar-refractivity contribution >= 4 is 11.7 Å². The summed E-state index contributed by atoms with van der Waals surface area (Å²) >= 11 is 0. The van der Waals surface area contributed by atoms with Crippen LogP contribution in [0.25, 0.3) is 0 Å². The molecule has 1 N–H and O–H groups in total. The zero-order valence-electron chi connectivity index (χ0n) is 10.9. The van der Waals surface area contributed by atoms with Crippen LogP contribution in [0.15, 0.2) is 18.2 Å². The first-order valence-corrected chi connectivity index (χ1v) is 6.23. The maximum Gasteiger partial charge on any atom is 0.332 e. The number of carbonyl (C=O) groups is 1. The summed E-state index contributed by atoms with van der Waals surface area (Å²) in [6.07, 6.45) is -0.0213. The quantitative estimate of drug-likeness (QED) is 0.653. The number of nitro groups is 1. The van der Waals surface area contributed by atoms with Crippen molar-refractivity contribution < 1.29 is 24.3 Å². The third-order valence-corrected chi connectivity index (χ3v) is 3.19. The van der Waals surface area contributed by atoms with Crippen LogP contribution in [0.1, 0.15) is 18.4 Å². The van der Waals surface area contributed by atoms with Gasteiger partial charge in [-0.25, -0.2) is 4.79 Å². The molecule has 0 aliphatic carbocycles. The molecule has 0 spiro atoms. The first-order valence-electron chi connectivity index (χ1n) is 6.23. The molecule has 1 fully saturated rings. The molecule has 1 heterocycles. The van der Waals surface area contributed by atoms with Crippen LogP contribution in [0.3, 0.4) is 0 Å². The highest BCUT2D eigenvalue weighted by atomic mass is 16.6. The van der Waals surface area contributed by atoms with E-state index in [1.165, 1.54) is 12.1 Å². The molecule has 1 aromatic rings. The lowest BCUT2D eigenvalue weighted by Gasteiger charge is -2.14. The SMILES string of the molecule is Cc1ccc([N+](=O)[O-])cc1OCC1CCC(C(=O)O)O1. The average molecular weight is 281 g/mol. The van der Waals surface area contributed by atoms with Gasteiger partial charge in [0.05, 0.1) is 17.1 Å². The van der Waals surface area contributed by atoms with Crippen LogP contribution in [0.2, 0.25) is 0 Å². The predicted octanol–water partition coefficient (Wildman–Crippen LogP) is 1.91. The Kier molecular flexibility index (Phi) is 4.19. The molecule has 7 nitrogen and oxygen atoms in total. The van der Waals surface area contributed by atoms with Gasteiger partial charge in [-0.2, -0.15) is 0 Å². The Hall–Kier alpha value is -2.15. The van der Waals surface area contributed by atoms with Gasteiger partial charge in [-0.1, -0.05) is 0 Å². The second-order valence-corrected chi connectivity index (χ2v) is 4.68. The summed E-state index contributed by atoms with van der Waals surface area (Å²) in [5.74, 6) is -0.555. The fourth-order valence-electron chi connectivity index (χ4n) is 2.05. The number of rotatable bonds is 5. The van der Waals surface area contributed by atoms with Gasteiger partial charge in [0.25, 0.3) is 5.69 Å². The Balaban J connectivity index is 1.96. The monoisotopic (exact) mass is 281 g/mol. The van der Waals surface area contributed by atoms with Crippen molar-refractivity contribution in [2.24, 2.45) is 0 Å². The summed E-state index contributed by atoms with van der Waals surface area (Å²) in [7, 11) is 0. The summed E-state index contributed by atoms with van der Waals surface area (Å²) < 4.78 is 10.8. The molecule has 0 radical (unpaired) electrons. The molecule has 0 aromatic heterocycles. The van der Waals surface area contributed by atoms with Gasteiger partial charge >= 0.3 is 5.97 Å². The molecule has 1 aliphatic rings. The topological polar surface area (TPSA) is 98.9 Å². The Morgan fingerprint density at radius 1 is 1.55 bits per heavy atom. The highest BCUT2D eigenvalue weighted by Crippen LogP contribution is 2.26. The summed E-state index contributed by atoms with van der Waals surface area (Å²) in [4.78, 5) is 21.0. The van der Waals surface area contributed by atoms with Gasteiger partial charge in [-0.3, -0.25) is 10.1 Å². The molecule has 0 amide bonds. The molecule has 0 saturated carbocycles. The molecule has 2 unspecified atom stereocenters. The number of benzene rings is 1. The highest BCUT2D eigenvalue weighted by Gasteiger charge is 2.30. The van der Waals surface area contributed by atoms with Gasteiger partial charge in [-0.15, -0.1) is 0 Å². The van der Waals surface area contributed by atoms with Gasteiger partial charge in [0.2, 0.25) is 0 Å². The lowest BCUT2D eigenvalue weighted by molar-refractivity contribution is -0.385. The molecule has 1 saturated heterocycles. The van der Waals surface area contributed by atoms with Crippen molar-refractivity contribution in [3.63, 3.8) is 0 Å². The number of aliphatic carboxylic acids is 1. The van der Waals surface area contributed by atoms with Gasteiger partial charge in [0.1, 0.15) is 12.4 Å². The molecule has 2 rings (SSSR count). The molecule has 0 bridgehead atoms. The zero-order chi connectivity index (χ0) is 14.7. The van der Waals surface area contributed by atoms with Gasteiger partial charge < -0.3 is 14.6 Å². The maximum atomic E-state index is 10.8. The van der Waals surface area contributed by atoms with E-state index in [1.807, 2.05) is 0 Å². The van der Waals surface area contributed by atoms with E-state index >= 15 is 0 Å². The number of carboxylic acids is 1. The van der Waals surface area contributed by atoms with Crippen LogP contribution < -0.4 is 4.74 Å². The lowest BCUT2D eigenvalue weighted by atomic mass is 10.2. The number of hydrogen-bond acceptors (Lipinski definition) is 5. The van der Waals surface area contributed by atoms with E-state index in [2.05, 4.69) is 0 Å². The normalized spacial score (nSPS) is 21.6. The third kappa shape index (κ3) is 3.24. The average Bonchev–Trinajstić information content (AvgIpc) is 2.86. The summed E-state index contributed by atoms with van der Waals surface area (Å²) in [5, 5.41) is 19.5. The fraction of sp³-hybridized carbons (Fsp3) is 0.462. The third-order valence-electron chi connectivity index (χ3n) is 3.19. The Morgan fingerprint density at radius 3 is 2.90 bits per heavy atom. The molecular weight excluding hydrogens is 266 g/mol. The van der Waals surface area contributed by atoms with Gasteiger partial charge in [-0.05, 0) is 31.4 Å². The van der Waals surface area contributed by atoms with Crippen molar-refractivity contribution in [3.05, 3.63) is 33.9 Å². The molecule has 1 aromatic carbocycles. The number of non-ortho nitro benzene ring substituents is 1. The standard InChI is InChI=1S/C13H15NO6/c1-8-2-3-9(14(17)18)6-12(8)19-7-10-4-5-11(20-10)13(15)16/h2-3,6,10-11H,4-5,7H2,1H3,(H,15,16). The van der Waals surface area contributed by atoms with Crippen molar-refractivity contribution in [1.29, 1.82) is 0 Å². The lowest BCUT2D eigenvalue weighted by Crippen LogP contribution is -2.23. The van der Waals surface area contributed by atoms with E-state index in [0.717, 1.165) is 5.56 Å². The minimum absolute atomic E-state index is 0.0404. The molecule has 7 heteroatoms. The minimum Gasteiger partial charge on any atom is -0.490 e. The van der Waals surface area contributed by atoms with Crippen LogP contribution in [-0.2, 0) is 9.53 Å². The number of nitro benzene ring substituents is 1. The fourth-order valence-corrected chi connectivity index (χ4v) is 2.05. The largest absolute Gasteiger partial charge is 0.490 e. The Labute approximate surface area is 115 Å². The van der Waals surface area contributed by atoms with Crippen molar-refractivity contribution in [1.82, 2.24) is 0 Å². The maximum absolute atomic E-state index is 10.8. The molecule has 2 atom stereocenters. The summed E-state index contributed by atoms with van der Waals surface area (Å²) in [5.41, 5.74) is 0.740. The second kappa shape index (κ2) is 5.87. The van der Waals surface area contributed by atoms with E-state index in [0.29, 0.717) is 18.6 Å². The van der Waals surface area contributed by atoms with Crippen molar-refractivity contribution in [2.45, 2.75) is 32.0 Å². The van der Waals surface area contributed by atoms with E-state index in [-0.39, 0.29) is 18.4 Å². The number of ether oxygens (including phenoxy) is 2. The first kappa shape index (κ1) is 14.3. The molecule has 1 aliphatic heterocycles. The second-order valence-electron chi connectivity index (χ2n) is 4.68. The van der Waals surface area contributed by atoms with Gasteiger partial charge in [0.15, 0.2) is 6.10 Å². The zero-order valence-corrected chi connectivity index (χ0v) is 10.9. The number of aryl methyl sites for hydroxylation is 1. The van der Waals surface area contributed by atoms with E-state index < -0.39 is 17.0 Å². The highest BCUT2D eigenvalue weighted by molar-refractivity contribution is 5.72. The predicted molar refractivity (Wildman–Crippen MR) is 68.9 cm³/mol. The molecule has 20 heavy (non-hydrogen) atoms. The van der Waals surface area contributed by atoms with E-state index in [1.54, 1.807) is 13.0 Å². The minimum atomic E-state index is -0.973. The van der Waals surface area contributed by atoms with Crippen LogP contribution in [-0.4, -0.2) is 34.8 Å². The Morgan fingerprint density at radius 2 is 2.30 bits per heavy atom. The summed E-state index contributed by atoms with van der Waals surface area (Å²) in [6.45, 7) is 1.97. The summed E-state index contributed by atoms with van der Waals surface area (Å²) in [6, 6.07) is 4.39. The Bertz CT molecular complexity index is 530. The molecule has 108 valence electrons. The van der Waals surface area contributed by atoms with Crippen molar-refractivity contribution in [2.75, 3.05) is 6.61 Å². The van der Waals surface area contributed by atoms with Crippen LogP contribution in [0, 0.1) is 17.0 Å². The number of carboxylic acid groups (broad SMARTS) is 1. The first-order chi connectivity index (χ1) is 9.47. The molecular formula is C13H15NO6. The van der Waals surface area contributed by atoms with Crippen LogP contribution >= 0.6 is 0 Å². The number of hydrogen-bond donors (Lipinski definition) is 1. The van der Waals surface area contributed by atoms with Gasteiger partial charge in [0, 0.05) is 6.07 Å². The van der Waals surface area contributed by atoms with E-state index in [9.17, 15) is 14.9 Å². The van der Waals surface area contributed by atoms with E-state index in [4.69, 9.17) is 14.6 Å². The van der Waals surface area contributed by atoms with Crippen LogP contribution in [0.5, 0.6) is 5.75 Å². The van der Waals surface area contributed by atoms with Crippen LogP contribution in [0.4, 0.5) is 5.69 Å². The number of nitrogens with zero attached hydrogens (tertiary/aromatic N) is 1. The van der Waals surface area contributed by atoms with Crippen molar-refractivity contribution in [3.8, 4) is 5.75 Å².